The first-order valence-corrected chi connectivity index (χ1v) is 7.60. The average molecular weight is 299 g/mol. The summed E-state index contributed by atoms with van der Waals surface area (Å²) in [4.78, 5) is 4.36. The lowest BCUT2D eigenvalue weighted by atomic mass is 9.90. The third kappa shape index (κ3) is 2.43. The van der Waals surface area contributed by atoms with Crippen LogP contribution in [0.3, 0.4) is 0 Å². The Morgan fingerprint density at radius 2 is 2.00 bits per heavy atom. The molecule has 2 aromatic rings. The van der Waals surface area contributed by atoms with Gasteiger partial charge in [-0.05, 0) is 18.9 Å². The monoisotopic (exact) mass is 299 g/mol. The molecule has 0 aromatic carbocycles. The minimum atomic E-state index is -0.332. The fourth-order valence-corrected chi connectivity index (χ4v) is 3.28. The fraction of sp³-hybridized carbons (Fsp3) is 0.500. The minimum Gasteiger partial charge on any atom is -0.444 e. The Balaban J connectivity index is 1.44. The average Bonchev–Trinajstić information content (AvgIpc) is 3.16. The lowest BCUT2D eigenvalue weighted by Crippen LogP contribution is -2.39. The molecule has 2 aromatic heterocycles. The molecule has 1 saturated carbocycles. The molecule has 1 aliphatic carbocycles. The van der Waals surface area contributed by atoms with Gasteiger partial charge < -0.3 is 19.2 Å². The Bertz CT molecular complexity index is 718. The Hall–Kier alpha value is -2.10. The van der Waals surface area contributed by atoms with Crippen molar-refractivity contribution in [3.05, 3.63) is 24.1 Å². The van der Waals surface area contributed by atoms with Crippen LogP contribution in [0.25, 0.3) is 11.0 Å². The van der Waals surface area contributed by atoms with Gasteiger partial charge in [-0.3, -0.25) is 0 Å². The SMILES string of the molecule is N#Cc1cc2cc(NC3CCC4(CC3)OCCO4)ncc2o1. The molecule has 0 atom stereocenters. The van der Waals surface area contributed by atoms with Crippen molar-refractivity contribution >= 4 is 16.8 Å². The molecular formula is C16H17N3O3. The van der Waals surface area contributed by atoms with Crippen LogP contribution >= 0.6 is 0 Å². The van der Waals surface area contributed by atoms with Crippen LogP contribution in [0.1, 0.15) is 31.4 Å². The number of pyridine rings is 1. The zero-order valence-corrected chi connectivity index (χ0v) is 12.2. The molecule has 1 spiro atoms. The number of anilines is 1. The normalized spacial score (nSPS) is 21.2. The van der Waals surface area contributed by atoms with Crippen molar-refractivity contribution in [3.8, 4) is 6.07 Å². The van der Waals surface area contributed by atoms with Gasteiger partial charge in [0.2, 0.25) is 5.76 Å². The first kappa shape index (κ1) is 13.6. The number of aromatic nitrogens is 1. The van der Waals surface area contributed by atoms with Gasteiger partial charge >= 0.3 is 0 Å². The molecule has 2 aliphatic rings. The summed E-state index contributed by atoms with van der Waals surface area (Å²) in [7, 11) is 0. The highest BCUT2D eigenvalue weighted by atomic mass is 16.7. The second-order valence-electron chi connectivity index (χ2n) is 5.86. The second-order valence-corrected chi connectivity index (χ2v) is 5.86. The van der Waals surface area contributed by atoms with Crippen LogP contribution in [-0.2, 0) is 9.47 Å². The largest absolute Gasteiger partial charge is 0.444 e. The predicted molar refractivity (Wildman–Crippen MR) is 79.2 cm³/mol. The minimum absolute atomic E-state index is 0.309. The molecule has 0 radical (unpaired) electrons. The second kappa shape index (κ2) is 5.27. The van der Waals surface area contributed by atoms with Crippen molar-refractivity contribution in [2.45, 2.75) is 37.5 Å². The smallest absolute Gasteiger partial charge is 0.204 e. The Morgan fingerprint density at radius 3 is 2.73 bits per heavy atom. The molecule has 1 N–H and O–H groups in total. The fourth-order valence-electron chi connectivity index (χ4n) is 3.28. The van der Waals surface area contributed by atoms with E-state index in [1.165, 1.54) is 0 Å². The van der Waals surface area contributed by atoms with Gasteiger partial charge in [0.05, 0.1) is 19.4 Å². The van der Waals surface area contributed by atoms with E-state index in [0.29, 0.717) is 30.6 Å². The summed E-state index contributed by atoms with van der Waals surface area (Å²) in [5.74, 6) is 0.790. The number of nitriles is 1. The molecule has 6 heteroatoms. The zero-order valence-electron chi connectivity index (χ0n) is 12.2. The molecular weight excluding hydrogens is 282 g/mol. The van der Waals surface area contributed by atoms with Crippen molar-refractivity contribution in [1.82, 2.24) is 4.98 Å². The lowest BCUT2D eigenvalue weighted by molar-refractivity contribution is -0.177. The van der Waals surface area contributed by atoms with Crippen molar-refractivity contribution in [2.75, 3.05) is 18.5 Å². The first-order valence-electron chi connectivity index (χ1n) is 7.60. The van der Waals surface area contributed by atoms with E-state index in [1.807, 2.05) is 12.1 Å². The predicted octanol–water partition coefficient (Wildman–Crippen LogP) is 2.80. The van der Waals surface area contributed by atoms with Crippen molar-refractivity contribution in [1.29, 1.82) is 5.26 Å². The lowest BCUT2D eigenvalue weighted by Gasteiger charge is -2.35. The summed E-state index contributed by atoms with van der Waals surface area (Å²) in [5, 5.41) is 13.2. The molecule has 6 nitrogen and oxygen atoms in total. The van der Waals surface area contributed by atoms with E-state index >= 15 is 0 Å². The van der Waals surface area contributed by atoms with E-state index in [1.54, 1.807) is 12.3 Å². The summed E-state index contributed by atoms with van der Waals surface area (Å²) < 4.78 is 16.8. The van der Waals surface area contributed by atoms with E-state index in [9.17, 15) is 0 Å². The highest BCUT2D eigenvalue weighted by Crippen LogP contribution is 2.36. The molecule has 4 rings (SSSR count). The van der Waals surface area contributed by atoms with Gasteiger partial charge in [-0.25, -0.2) is 4.98 Å². The Morgan fingerprint density at radius 1 is 1.23 bits per heavy atom. The summed E-state index contributed by atoms with van der Waals surface area (Å²) in [6.45, 7) is 1.41. The Labute approximate surface area is 128 Å². The number of hydrogen-bond acceptors (Lipinski definition) is 6. The van der Waals surface area contributed by atoms with Crippen LogP contribution in [0.15, 0.2) is 22.7 Å². The number of fused-ring (bicyclic) bond motifs is 1. The molecule has 22 heavy (non-hydrogen) atoms. The van der Waals surface area contributed by atoms with Gasteiger partial charge in [0.25, 0.3) is 0 Å². The molecule has 114 valence electrons. The number of ether oxygens (including phenoxy) is 2. The van der Waals surface area contributed by atoms with Crippen molar-refractivity contribution < 1.29 is 13.9 Å². The Kier molecular flexibility index (Phi) is 3.25. The third-order valence-corrected chi connectivity index (χ3v) is 4.43. The van der Waals surface area contributed by atoms with Gasteiger partial charge in [-0.2, -0.15) is 5.26 Å². The molecule has 0 bridgehead atoms. The van der Waals surface area contributed by atoms with E-state index in [-0.39, 0.29) is 5.79 Å². The standard InChI is InChI=1S/C16H17N3O3/c17-9-13-7-11-8-15(18-10-14(11)22-13)19-12-1-3-16(4-2-12)20-5-6-21-16/h7-8,10,12H,1-6H2,(H,18,19). The topological polar surface area (TPSA) is 80.3 Å². The third-order valence-electron chi connectivity index (χ3n) is 4.43. The van der Waals surface area contributed by atoms with E-state index in [2.05, 4.69) is 10.3 Å². The summed E-state index contributed by atoms with van der Waals surface area (Å²) in [6.07, 6.45) is 5.48. The van der Waals surface area contributed by atoms with Crippen LogP contribution in [0.4, 0.5) is 5.82 Å². The molecule has 0 amide bonds. The molecule has 3 heterocycles. The summed E-state index contributed by atoms with van der Waals surface area (Å²) in [6, 6.07) is 6.03. The number of furan rings is 1. The zero-order chi connectivity index (χ0) is 15.0. The molecule has 1 saturated heterocycles. The highest BCUT2D eigenvalue weighted by Gasteiger charge is 2.40. The van der Waals surface area contributed by atoms with Crippen LogP contribution in [0, 0.1) is 11.3 Å². The quantitative estimate of drug-likeness (QED) is 0.918. The van der Waals surface area contributed by atoms with Crippen LogP contribution in [0.2, 0.25) is 0 Å². The van der Waals surface area contributed by atoms with E-state index in [0.717, 1.165) is 36.9 Å². The molecule has 2 fully saturated rings. The number of hydrogen-bond donors (Lipinski definition) is 1. The van der Waals surface area contributed by atoms with Gasteiger partial charge in [0, 0.05) is 30.3 Å². The van der Waals surface area contributed by atoms with Crippen LogP contribution < -0.4 is 5.32 Å². The summed E-state index contributed by atoms with van der Waals surface area (Å²) >= 11 is 0. The van der Waals surface area contributed by atoms with Gasteiger partial charge in [0.1, 0.15) is 11.9 Å². The number of rotatable bonds is 2. The van der Waals surface area contributed by atoms with Gasteiger partial charge in [-0.1, -0.05) is 0 Å². The van der Waals surface area contributed by atoms with E-state index in [4.69, 9.17) is 19.2 Å². The number of nitrogens with zero attached hydrogens (tertiary/aromatic N) is 2. The van der Waals surface area contributed by atoms with Crippen LogP contribution in [-0.4, -0.2) is 30.0 Å². The molecule has 0 unspecified atom stereocenters. The molecule has 1 aliphatic heterocycles. The highest BCUT2D eigenvalue weighted by molar-refractivity contribution is 5.80. The van der Waals surface area contributed by atoms with Crippen molar-refractivity contribution in [2.24, 2.45) is 0 Å². The van der Waals surface area contributed by atoms with E-state index < -0.39 is 0 Å². The summed E-state index contributed by atoms with van der Waals surface area (Å²) in [5.41, 5.74) is 0.637. The first-order chi connectivity index (χ1) is 10.8. The van der Waals surface area contributed by atoms with Gasteiger partial charge in [0.15, 0.2) is 11.4 Å². The van der Waals surface area contributed by atoms with Crippen LogP contribution in [0.5, 0.6) is 0 Å². The maximum atomic E-state index is 8.87. The van der Waals surface area contributed by atoms with Crippen molar-refractivity contribution in [3.63, 3.8) is 0 Å². The van der Waals surface area contributed by atoms with Gasteiger partial charge in [-0.15, -0.1) is 0 Å². The maximum absolute atomic E-state index is 8.87. The maximum Gasteiger partial charge on any atom is 0.204 e. The number of nitrogens with one attached hydrogen (secondary N) is 1.